The van der Waals surface area contributed by atoms with E-state index >= 15 is 0 Å². The minimum absolute atomic E-state index is 0.0474. The molecular weight excluding hydrogens is 396 g/mol. The fourth-order valence-electron chi connectivity index (χ4n) is 5.80. The quantitative estimate of drug-likeness (QED) is 0.672. The first-order valence-corrected chi connectivity index (χ1v) is 10.2. The molecule has 4 rings (SSSR count). The average molecular weight is 421 g/mol. The molecule has 2 aliphatic carbocycles. The number of fused-ring (bicyclic) bond motifs is 3. The molecule has 25 heavy (non-hydrogen) atoms. The monoisotopic (exact) mass is 420 g/mol. The SMILES string of the molecule is COC1[C@H](C)CC2(Cc3ccc(Br)cc3C23N=C(C)C(=S)N3)C[C@@H]1C. The van der Waals surface area contributed by atoms with Crippen molar-refractivity contribution >= 4 is 38.8 Å². The number of benzene rings is 1. The molecular formula is C20H25BrN2OS. The molecule has 1 fully saturated rings. The largest absolute Gasteiger partial charge is 0.381 e. The van der Waals surface area contributed by atoms with Crippen molar-refractivity contribution < 1.29 is 4.74 Å². The van der Waals surface area contributed by atoms with Crippen molar-refractivity contribution in [1.29, 1.82) is 0 Å². The lowest BCUT2D eigenvalue weighted by Gasteiger charge is -2.51. The lowest BCUT2D eigenvalue weighted by molar-refractivity contribution is -0.0767. The Morgan fingerprint density at radius 3 is 2.52 bits per heavy atom. The molecule has 2 spiro atoms. The molecule has 1 heterocycles. The van der Waals surface area contributed by atoms with E-state index in [1.165, 1.54) is 11.1 Å². The van der Waals surface area contributed by atoms with Crippen molar-refractivity contribution in [2.75, 3.05) is 7.11 Å². The summed E-state index contributed by atoms with van der Waals surface area (Å²) in [5.41, 5.74) is 3.26. The van der Waals surface area contributed by atoms with Gasteiger partial charge in [-0.25, -0.2) is 0 Å². The van der Waals surface area contributed by atoms with Crippen molar-refractivity contribution in [3.63, 3.8) is 0 Å². The summed E-state index contributed by atoms with van der Waals surface area (Å²) < 4.78 is 6.92. The molecule has 1 N–H and O–H groups in total. The second kappa shape index (κ2) is 5.86. The van der Waals surface area contributed by atoms with Gasteiger partial charge in [0.1, 0.15) is 4.99 Å². The van der Waals surface area contributed by atoms with Gasteiger partial charge in [-0.3, -0.25) is 4.99 Å². The highest BCUT2D eigenvalue weighted by atomic mass is 79.9. The molecule has 3 nitrogen and oxygen atoms in total. The van der Waals surface area contributed by atoms with Crippen LogP contribution in [0.3, 0.4) is 0 Å². The summed E-state index contributed by atoms with van der Waals surface area (Å²) in [5, 5.41) is 3.66. The predicted octanol–water partition coefficient (Wildman–Crippen LogP) is 4.62. The lowest BCUT2D eigenvalue weighted by atomic mass is 9.59. The first-order valence-electron chi connectivity index (χ1n) is 9.02. The number of methoxy groups -OCH3 is 1. The molecule has 0 saturated heterocycles. The Kier molecular flexibility index (Phi) is 4.13. The Hall–Kier alpha value is -0.780. The molecule has 1 aromatic rings. The van der Waals surface area contributed by atoms with Crippen molar-refractivity contribution in [2.45, 2.75) is 51.8 Å². The second-order valence-electron chi connectivity index (χ2n) is 8.18. The number of halogens is 1. The minimum atomic E-state index is -0.422. The van der Waals surface area contributed by atoms with E-state index in [0.29, 0.717) is 17.9 Å². The number of nitrogens with one attached hydrogen (secondary N) is 1. The maximum Gasteiger partial charge on any atom is 0.162 e. The van der Waals surface area contributed by atoms with Crippen LogP contribution >= 0.6 is 28.1 Å². The molecule has 5 heteroatoms. The van der Waals surface area contributed by atoms with Crippen LogP contribution in [-0.4, -0.2) is 23.9 Å². The van der Waals surface area contributed by atoms with Gasteiger partial charge in [0.15, 0.2) is 5.66 Å². The molecule has 3 aliphatic rings. The number of thiocarbonyl (C=S) groups is 1. The fraction of sp³-hybridized carbons (Fsp3) is 0.600. The van der Waals surface area contributed by atoms with Crippen molar-refractivity contribution in [3.05, 3.63) is 33.8 Å². The van der Waals surface area contributed by atoms with Crippen molar-refractivity contribution in [2.24, 2.45) is 22.2 Å². The van der Waals surface area contributed by atoms with Crippen LogP contribution in [0.5, 0.6) is 0 Å². The van der Waals surface area contributed by atoms with Gasteiger partial charge in [0.25, 0.3) is 0 Å². The van der Waals surface area contributed by atoms with Crippen molar-refractivity contribution in [1.82, 2.24) is 5.32 Å². The maximum atomic E-state index is 5.82. The maximum absolute atomic E-state index is 5.82. The first kappa shape index (κ1) is 17.6. The van der Waals surface area contributed by atoms with Gasteiger partial charge in [-0.15, -0.1) is 0 Å². The predicted molar refractivity (Wildman–Crippen MR) is 109 cm³/mol. The number of hydrogen-bond acceptors (Lipinski definition) is 3. The highest BCUT2D eigenvalue weighted by molar-refractivity contribution is 9.10. The van der Waals surface area contributed by atoms with Gasteiger partial charge in [0.05, 0.1) is 11.8 Å². The molecule has 1 saturated carbocycles. The fourth-order valence-corrected chi connectivity index (χ4v) is 6.35. The van der Waals surface area contributed by atoms with E-state index in [1.807, 2.05) is 14.0 Å². The molecule has 0 bridgehead atoms. The molecule has 1 aliphatic heterocycles. The smallest absolute Gasteiger partial charge is 0.162 e. The van der Waals surface area contributed by atoms with Crippen LogP contribution in [0.15, 0.2) is 27.7 Å². The second-order valence-corrected chi connectivity index (χ2v) is 9.51. The molecule has 1 aromatic carbocycles. The van der Waals surface area contributed by atoms with E-state index in [2.05, 4.69) is 53.3 Å². The Balaban J connectivity index is 1.88. The van der Waals surface area contributed by atoms with E-state index in [-0.39, 0.29) is 5.41 Å². The third kappa shape index (κ3) is 2.38. The summed E-state index contributed by atoms with van der Waals surface area (Å²) in [6, 6.07) is 6.63. The molecule has 134 valence electrons. The van der Waals surface area contributed by atoms with Gasteiger partial charge < -0.3 is 10.1 Å². The molecule has 5 atom stereocenters. The minimum Gasteiger partial charge on any atom is -0.381 e. The van der Waals surface area contributed by atoms with Gasteiger partial charge in [-0.1, -0.05) is 48.1 Å². The standard InChI is InChI=1S/C20H25BrN2OS/c1-11-8-19(9-12(2)17(11)24-4)10-14-5-6-15(21)7-16(14)20(19)22-13(3)18(25)23-20/h5-7,11-12,17H,8-10H2,1-4H3,(H,23,25)/t11-,12+,17?,19?,20?. The van der Waals surface area contributed by atoms with Gasteiger partial charge in [-0.05, 0) is 55.7 Å². The normalized spacial score (nSPS) is 39.6. The topological polar surface area (TPSA) is 33.6 Å². The van der Waals surface area contributed by atoms with E-state index in [4.69, 9.17) is 21.9 Å². The highest BCUT2D eigenvalue weighted by Gasteiger charge is 2.63. The van der Waals surface area contributed by atoms with Gasteiger partial charge >= 0.3 is 0 Å². The van der Waals surface area contributed by atoms with Crippen molar-refractivity contribution in [3.8, 4) is 0 Å². The summed E-state index contributed by atoms with van der Waals surface area (Å²) in [5.74, 6) is 0.990. The van der Waals surface area contributed by atoms with Crippen LogP contribution in [0.25, 0.3) is 0 Å². The third-order valence-electron chi connectivity index (χ3n) is 6.54. The Morgan fingerprint density at radius 1 is 1.28 bits per heavy atom. The molecule has 0 aromatic heterocycles. The Bertz CT molecular complexity index is 765. The van der Waals surface area contributed by atoms with Gasteiger partial charge in [0, 0.05) is 22.6 Å². The summed E-state index contributed by atoms with van der Waals surface area (Å²) in [4.78, 5) is 5.98. The summed E-state index contributed by atoms with van der Waals surface area (Å²) >= 11 is 9.25. The summed E-state index contributed by atoms with van der Waals surface area (Å²) in [6.07, 6.45) is 3.55. The van der Waals surface area contributed by atoms with E-state index < -0.39 is 5.66 Å². The summed E-state index contributed by atoms with van der Waals surface area (Å²) in [6.45, 7) is 6.67. The molecule has 3 unspecified atom stereocenters. The van der Waals surface area contributed by atoms with Crippen LogP contribution in [0.2, 0.25) is 0 Å². The Morgan fingerprint density at radius 2 is 1.96 bits per heavy atom. The van der Waals surface area contributed by atoms with Crippen LogP contribution < -0.4 is 5.32 Å². The van der Waals surface area contributed by atoms with Crippen LogP contribution in [0.4, 0.5) is 0 Å². The third-order valence-corrected chi connectivity index (χ3v) is 7.43. The first-order chi connectivity index (χ1) is 11.8. The zero-order valence-electron chi connectivity index (χ0n) is 15.2. The van der Waals surface area contributed by atoms with E-state index in [1.54, 1.807) is 0 Å². The molecule has 0 amide bonds. The molecule has 0 radical (unpaired) electrons. The number of aliphatic imine (C=N–C) groups is 1. The number of hydrogen-bond donors (Lipinski definition) is 1. The summed E-state index contributed by atoms with van der Waals surface area (Å²) in [7, 11) is 1.84. The zero-order chi connectivity index (χ0) is 18.0. The van der Waals surface area contributed by atoms with E-state index in [0.717, 1.165) is 34.4 Å². The van der Waals surface area contributed by atoms with Crippen LogP contribution in [-0.2, 0) is 16.8 Å². The number of ether oxygens (including phenoxy) is 1. The lowest BCUT2D eigenvalue weighted by Crippen LogP contribution is -2.56. The van der Waals surface area contributed by atoms with Gasteiger partial charge in [0.2, 0.25) is 0 Å². The van der Waals surface area contributed by atoms with Crippen LogP contribution in [0.1, 0.15) is 44.7 Å². The van der Waals surface area contributed by atoms with E-state index in [9.17, 15) is 0 Å². The van der Waals surface area contributed by atoms with Crippen LogP contribution in [0, 0.1) is 17.3 Å². The van der Waals surface area contributed by atoms with Gasteiger partial charge in [-0.2, -0.15) is 0 Å². The average Bonchev–Trinajstić information content (AvgIpc) is 2.96. The number of nitrogens with zero attached hydrogens (tertiary/aromatic N) is 1. The Labute approximate surface area is 163 Å². The zero-order valence-corrected chi connectivity index (χ0v) is 17.6. The highest BCUT2D eigenvalue weighted by Crippen LogP contribution is 2.61. The number of rotatable bonds is 1.